The van der Waals surface area contributed by atoms with E-state index in [0.29, 0.717) is 12.0 Å². The lowest BCUT2D eigenvalue weighted by molar-refractivity contribution is -0.557. The van der Waals surface area contributed by atoms with Crippen molar-refractivity contribution in [2.24, 2.45) is 0 Å². The summed E-state index contributed by atoms with van der Waals surface area (Å²) in [5.74, 6) is -0.570. The highest BCUT2D eigenvalue weighted by atomic mass is 16.5. The maximum Gasteiger partial charge on any atom is 0.587 e. The molecule has 0 unspecified atom stereocenters. The molecule has 2 nitrogen and oxygen atoms in total. The van der Waals surface area contributed by atoms with Crippen molar-refractivity contribution < 1.29 is 9.53 Å². The van der Waals surface area contributed by atoms with Crippen LogP contribution in [0.1, 0.15) is 6.42 Å². The molecule has 9 heavy (non-hydrogen) atoms. The summed E-state index contributed by atoms with van der Waals surface area (Å²) >= 11 is 0. The fourth-order valence-electron chi connectivity index (χ4n) is 0.248. The number of hydrogen-bond donors (Lipinski definition) is 0. The molecule has 0 aromatic heterocycles. The van der Waals surface area contributed by atoms with Crippen molar-refractivity contribution in [2.75, 3.05) is 0 Å². The minimum absolute atomic E-state index is 0.328. The maximum atomic E-state index is 10.3. The smallest absolute Gasteiger partial charge is 0.399 e. The van der Waals surface area contributed by atoms with E-state index in [1.165, 1.54) is 0 Å². The molecule has 0 spiro atoms. The van der Waals surface area contributed by atoms with E-state index in [-0.39, 0.29) is 0 Å². The molecule has 0 fully saturated rings. The van der Waals surface area contributed by atoms with Crippen LogP contribution < -0.4 is 5.11 Å². The Morgan fingerprint density at radius 3 is 2.67 bits per heavy atom. The van der Waals surface area contributed by atoms with Crippen LogP contribution in [0.5, 0.6) is 0 Å². The van der Waals surface area contributed by atoms with Crippen LogP contribution >= 0.6 is 0 Å². The predicted octanol–water partition coefficient (Wildman–Crippen LogP) is 0.136. The van der Waals surface area contributed by atoms with Gasteiger partial charge in [-0.05, 0) is 0 Å². The Labute approximate surface area is 54.8 Å². The van der Waals surface area contributed by atoms with E-state index in [9.17, 15) is 5.11 Å². The maximum absolute atomic E-state index is 10.3. The predicted molar refractivity (Wildman–Crippen MR) is 33.0 cm³/mol. The third kappa shape index (κ3) is 4.59. The Kier molecular flexibility index (Phi) is 3.18. The van der Waals surface area contributed by atoms with Gasteiger partial charge in [0.25, 0.3) is 0 Å². The molecule has 0 atom stereocenters. The quantitative estimate of drug-likeness (QED) is 0.299. The number of rotatable bonds is 3. The molecular formula is C7H8O2. The topological polar surface area (TPSA) is 34.4 Å². The van der Waals surface area contributed by atoms with E-state index in [4.69, 9.17) is 0 Å². The van der Waals surface area contributed by atoms with Crippen LogP contribution in [0.4, 0.5) is 0 Å². The van der Waals surface area contributed by atoms with Crippen molar-refractivity contribution in [3.63, 3.8) is 0 Å². The average Bonchev–Trinajstić information content (AvgIpc) is 1.83. The Morgan fingerprint density at radius 2 is 2.33 bits per heavy atom. The molecule has 0 amide bonds. The number of hydrogen-bond acceptors (Lipinski definition) is 1. The molecule has 0 aliphatic carbocycles. The lowest BCUT2D eigenvalue weighted by Crippen LogP contribution is -2.02. The Hall–Kier alpha value is -1.27. The summed E-state index contributed by atoms with van der Waals surface area (Å²) in [6, 6.07) is 0. The fraction of sp³-hybridized carbons (Fsp3) is 0.143. The molecule has 0 bridgehead atoms. The van der Waals surface area contributed by atoms with Crippen molar-refractivity contribution in [1.29, 1.82) is 0 Å². The van der Waals surface area contributed by atoms with E-state index in [1.54, 1.807) is 0 Å². The van der Waals surface area contributed by atoms with Gasteiger partial charge in [-0.15, -0.1) is 0 Å². The van der Waals surface area contributed by atoms with E-state index in [1.807, 2.05) is 0 Å². The van der Waals surface area contributed by atoms with E-state index in [2.05, 4.69) is 30.8 Å². The monoisotopic (exact) mass is 124 g/mol. The Balaban J connectivity index is 3.69. The highest BCUT2D eigenvalue weighted by molar-refractivity contribution is 5.13. The van der Waals surface area contributed by atoms with Gasteiger partial charge in [0.15, 0.2) is 6.42 Å². The van der Waals surface area contributed by atoms with E-state index < -0.39 is 5.95 Å². The molecule has 0 aromatic carbocycles. The van der Waals surface area contributed by atoms with Gasteiger partial charge in [-0.3, -0.25) is 0 Å². The average molecular weight is 124 g/mol. The molecule has 48 valence electrons. The molecule has 0 heterocycles. The van der Waals surface area contributed by atoms with E-state index in [0.717, 1.165) is 0 Å². The van der Waals surface area contributed by atoms with Gasteiger partial charge in [0.2, 0.25) is 0 Å². The highest BCUT2D eigenvalue weighted by Gasteiger charge is 2.05. The van der Waals surface area contributed by atoms with Gasteiger partial charge in [-0.25, -0.2) is 13.5 Å². The first kappa shape index (κ1) is 7.73. The second-order valence-electron chi connectivity index (χ2n) is 1.54. The van der Waals surface area contributed by atoms with Crippen molar-refractivity contribution >= 4 is 6.79 Å². The fourth-order valence-corrected chi connectivity index (χ4v) is 0.248. The van der Waals surface area contributed by atoms with Crippen LogP contribution in [-0.2, 0) is 4.42 Å². The zero-order valence-corrected chi connectivity index (χ0v) is 5.14. The Morgan fingerprint density at radius 1 is 1.78 bits per heavy atom. The highest BCUT2D eigenvalue weighted by Crippen LogP contribution is 1.94. The first-order chi connectivity index (χ1) is 4.16. The summed E-state index contributed by atoms with van der Waals surface area (Å²) in [6.45, 7) is 9.82. The van der Waals surface area contributed by atoms with Gasteiger partial charge in [0.1, 0.15) is 0 Å². The van der Waals surface area contributed by atoms with Gasteiger partial charge in [-0.2, -0.15) is 10.7 Å². The van der Waals surface area contributed by atoms with Gasteiger partial charge < -0.3 is 4.42 Å². The molecule has 0 radical (unpaired) electrons. The normalized spacial score (nSPS) is 10.0. The molecule has 0 N–H and O–H groups in total. The second kappa shape index (κ2) is 3.70. The summed E-state index contributed by atoms with van der Waals surface area (Å²) in [4.78, 5) is 0. The van der Waals surface area contributed by atoms with Gasteiger partial charge in [0, 0.05) is 0 Å². The van der Waals surface area contributed by atoms with Crippen LogP contribution in [0.2, 0.25) is 0 Å². The molecule has 0 saturated carbocycles. The number of allylic oxidation sites excluding steroid dienone is 2. The first-order valence-electron chi connectivity index (χ1n) is 2.36. The van der Waals surface area contributed by atoms with E-state index >= 15 is 0 Å². The summed E-state index contributed by atoms with van der Waals surface area (Å²) in [5.41, 5.74) is 0.625. The largest absolute Gasteiger partial charge is 0.587 e. The molecular weight excluding hydrogens is 116 g/mol. The van der Waals surface area contributed by atoms with Gasteiger partial charge in [-0.1, -0.05) is 0 Å². The van der Waals surface area contributed by atoms with Crippen LogP contribution in [0.3, 0.4) is 0 Å². The molecule has 2 heteroatoms. The third-order valence-corrected chi connectivity index (χ3v) is 0.614. The van der Waals surface area contributed by atoms with Crippen molar-refractivity contribution in [1.82, 2.24) is 0 Å². The third-order valence-electron chi connectivity index (χ3n) is 0.614. The summed E-state index contributed by atoms with van der Waals surface area (Å²) in [7, 11) is 0. The lowest BCUT2D eigenvalue weighted by Gasteiger charge is -1.83. The van der Waals surface area contributed by atoms with Gasteiger partial charge >= 0.3 is 12.0 Å². The van der Waals surface area contributed by atoms with Crippen LogP contribution in [-0.4, -0.2) is 6.79 Å². The minimum atomic E-state index is -0.570. The molecule has 0 aromatic rings. The molecule has 0 rings (SSSR count). The summed E-state index contributed by atoms with van der Waals surface area (Å²) in [6.07, 6.45) is 2.67. The first-order valence-corrected chi connectivity index (χ1v) is 2.36. The van der Waals surface area contributed by atoms with Crippen molar-refractivity contribution in [3.05, 3.63) is 31.1 Å². The second-order valence-corrected chi connectivity index (χ2v) is 1.54. The molecule has 0 aliphatic rings. The summed E-state index contributed by atoms with van der Waals surface area (Å²) in [5, 5.41) is 10.3. The zero-order chi connectivity index (χ0) is 7.28. The molecule has 0 aliphatic heterocycles. The zero-order valence-electron chi connectivity index (χ0n) is 5.14. The van der Waals surface area contributed by atoms with Crippen molar-refractivity contribution in [3.8, 4) is 0 Å². The lowest BCUT2D eigenvalue weighted by atomic mass is 10.2. The molecule has 0 saturated heterocycles. The van der Waals surface area contributed by atoms with Crippen molar-refractivity contribution in [2.45, 2.75) is 6.42 Å². The van der Waals surface area contributed by atoms with Crippen LogP contribution in [0.15, 0.2) is 18.1 Å². The standard InChI is InChI=1S/C7H8O2/c1-6(2)4-5-7(8)9-3/h1-4H2. The van der Waals surface area contributed by atoms with Crippen LogP contribution in [0.25, 0.3) is 0 Å². The Bertz CT molecular complexity index is 145. The number of carbonyl (C=O) groups excluding carboxylic acids is 1. The minimum Gasteiger partial charge on any atom is -0.399 e. The summed E-state index contributed by atoms with van der Waals surface area (Å²) < 4.78 is 4.03. The van der Waals surface area contributed by atoms with Crippen LogP contribution in [0, 0.1) is 13.0 Å². The SMILES string of the molecule is C=[O+]C([O-])=[C+]CC(=C)[CH2-]. The van der Waals surface area contributed by atoms with Gasteiger partial charge in [0.05, 0.1) is 6.79 Å².